The van der Waals surface area contributed by atoms with Crippen molar-refractivity contribution in [3.05, 3.63) is 75.2 Å². The number of amides is 2. The average Bonchev–Trinajstić information content (AvgIpc) is 2.71. The lowest BCUT2D eigenvalue weighted by Crippen LogP contribution is -2.36. The number of aromatic nitrogens is 2. The minimum atomic E-state index is -0.423. The molecule has 1 aromatic heterocycles. The van der Waals surface area contributed by atoms with E-state index in [1.807, 2.05) is 12.1 Å². The monoisotopic (exact) mass is 398 g/mol. The molecule has 0 spiro atoms. The molecule has 3 rings (SSSR count). The van der Waals surface area contributed by atoms with Gasteiger partial charge in [0.15, 0.2) is 5.69 Å². The van der Waals surface area contributed by atoms with Crippen LogP contribution in [0.1, 0.15) is 16.1 Å². The average molecular weight is 399 g/mol. The van der Waals surface area contributed by atoms with Gasteiger partial charge in [-0.05, 0) is 30.2 Å². The van der Waals surface area contributed by atoms with Crippen molar-refractivity contribution in [2.24, 2.45) is 0 Å². The van der Waals surface area contributed by atoms with Gasteiger partial charge in [-0.15, -0.1) is 0 Å². The molecule has 2 amide bonds. The van der Waals surface area contributed by atoms with E-state index in [1.54, 1.807) is 36.4 Å². The third-order valence-electron chi connectivity index (χ3n) is 4.25. The van der Waals surface area contributed by atoms with Crippen molar-refractivity contribution in [2.75, 3.05) is 13.6 Å². The molecule has 0 aliphatic rings. The van der Waals surface area contributed by atoms with E-state index in [0.29, 0.717) is 28.8 Å². The molecule has 0 saturated carbocycles. The van der Waals surface area contributed by atoms with Crippen LogP contribution >= 0.6 is 11.6 Å². The molecule has 144 valence electrons. The van der Waals surface area contributed by atoms with Gasteiger partial charge in [0.05, 0.1) is 5.39 Å². The van der Waals surface area contributed by atoms with E-state index in [4.69, 9.17) is 11.6 Å². The Morgan fingerprint density at radius 2 is 1.75 bits per heavy atom. The molecule has 0 atom stereocenters. The molecule has 0 bridgehead atoms. The Labute approximate surface area is 166 Å². The number of halogens is 1. The minimum Gasteiger partial charge on any atom is -0.354 e. The van der Waals surface area contributed by atoms with Crippen molar-refractivity contribution in [1.29, 1.82) is 0 Å². The van der Waals surface area contributed by atoms with Crippen molar-refractivity contribution < 1.29 is 9.59 Å². The van der Waals surface area contributed by atoms with Crippen LogP contribution in [0.15, 0.2) is 53.3 Å². The number of nitrogens with one attached hydrogen (secondary N) is 2. The molecular formula is C20H19ClN4O3. The highest BCUT2D eigenvalue weighted by molar-refractivity contribution is 6.30. The summed E-state index contributed by atoms with van der Waals surface area (Å²) in [5.74, 6) is -0.783. The summed E-state index contributed by atoms with van der Waals surface area (Å²) >= 11 is 5.85. The van der Waals surface area contributed by atoms with Crippen LogP contribution in [0.5, 0.6) is 0 Å². The Balaban J connectivity index is 1.75. The summed E-state index contributed by atoms with van der Waals surface area (Å²) in [6, 6.07) is 14.1. The summed E-state index contributed by atoms with van der Waals surface area (Å²) in [5.41, 5.74) is 0.718. The molecule has 8 heteroatoms. The summed E-state index contributed by atoms with van der Waals surface area (Å²) in [6.45, 7) is 0.138. The fraction of sp³-hybridized carbons (Fsp3) is 0.200. The Morgan fingerprint density at radius 1 is 1.07 bits per heavy atom. The highest BCUT2D eigenvalue weighted by atomic mass is 35.5. The number of carbonyl (C=O) groups is 2. The zero-order valence-electron chi connectivity index (χ0n) is 15.2. The fourth-order valence-electron chi connectivity index (χ4n) is 2.82. The van der Waals surface area contributed by atoms with Gasteiger partial charge >= 0.3 is 0 Å². The molecule has 7 nitrogen and oxygen atoms in total. The van der Waals surface area contributed by atoms with Crippen LogP contribution in [-0.2, 0) is 17.8 Å². The lowest BCUT2D eigenvalue weighted by atomic mass is 10.1. The normalized spacial score (nSPS) is 10.6. The van der Waals surface area contributed by atoms with Crippen molar-refractivity contribution in [3.63, 3.8) is 0 Å². The van der Waals surface area contributed by atoms with Gasteiger partial charge in [0.2, 0.25) is 5.91 Å². The first-order valence-corrected chi connectivity index (χ1v) is 9.10. The molecule has 0 saturated heterocycles. The quantitative estimate of drug-likeness (QED) is 0.661. The largest absolute Gasteiger partial charge is 0.354 e. The molecule has 0 unspecified atom stereocenters. The van der Waals surface area contributed by atoms with Crippen LogP contribution in [0.4, 0.5) is 0 Å². The molecular weight excluding hydrogens is 380 g/mol. The van der Waals surface area contributed by atoms with E-state index in [9.17, 15) is 14.4 Å². The molecule has 3 aromatic rings. The maximum atomic E-state index is 12.6. The van der Waals surface area contributed by atoms with Gasteiger partial charge in [0.25, 0.3) is 11.5 Å². The number of benzene rings is 2. The summed E-state index contributed by atoms with van der Waals surface area (Å²) in [5, 5.41) is 10.8. The molecule has 0 aliphatic carbocycles. The zero-order valence-corrected chi connectivity index (χ0v) is 16.0. The highest BCUT2D eigenvalue weighted by Crippen LogP contribution is 2.13. The molecule has 0 fully saturated rings. The molecule has 0 radical (unpaired) electrons. The van der Waals surface area contributed by atoms with Gasteiger partial charge in [-0.2, -0.15) is 5.10 Å². The number of carbonyl (C=O) groups excluding carboxylic acids is 2. The second-order valence-electron chi connectivity index (χ2n) is 6.16. The van der Waals surface area contributed by atoms with E-state index in [-0.39, 0.29) is 18.1 Å². The van der Waals surface area contributed by atoms with E-state index < -0.39 is 11.5 Å². The molecule has 2 aromatic carbocycles. The Morgan fingerprint density at radius 3 is 2.43 bits per heavy atom. The van der Waals surface area contributed by atoms with E-state index in [0.717, 1.165) is 10.2 Å². The Kier molecular flexibility index (Phi) is 6.06. The Hall–Kier alpha value is -3.19. The molecule has 2 N–H and O–H groups in total. The third kappa shape index (κ3) is 4.37. The number of rotatable bonds is 6. The minimum absolute atomic E-state index is 0.103. The third-order valence-corrected chi connectivity index (χ3v) is 4.50. The van der Waals surface area contributed by atoms with Crippen molar-refractivity contribution in [1.82, 2.24) is 20.4 Å². The lowest BCUT2D eigenvalue weighted by Gasteiger charge is -2.10. The Bertz CT molecular complexity index is 1080. The van der Waals surface area contributed by atoms with Gasteiger partial charge in [-0.25, -0.2) is 4.68 Å². The summed E-state index contributed by atoms with van der Waals surface area (Å²) in [4.78, 5) is 37.0. The summed E-state index contributed by atoms with van der Waals surface area (Å²) < 4.78 is 1.02. The maximum Gasteiger partial charge on any atom is 0.275 e. The van der Waals surface area contributed by atoms with Gasteiger partial charge in [0, 0.05) is 24.0 Å². The van der Waals surface area contributed by atoms with Crippen LogP contribution in [0, 0.1) is 0 Å². The SMILES string of the molecule is CNC(=O)c1nn(CC(=O)NCCc2ccc(Cl)cc2)c(=O)c2ccccc12. The van der Waals surface area contributed by atoms with Gasteiger partial charge in [0.1, 0.15) is 6.54 Å². The highest BCUT2D eigenvalue weighted by Gasteiger charge is 2.16. The predicted octanol–water partition coefficient (Wildman–Crippen LogP) is 1.77. The van der Waals surface area contributed by atoms with E-state index >= 15 is 0 Å². The summed E-state index contributed by atoms with van der Waals surface area (Å²) in [6.07, 6.45) is 0.631. The van der Waals surface area contributed by atoms with Crippen LogP contribution < -0.4 is 16.2 Å². The van der Waals surface area contributed by atoms with Gasteiger partial charge < -0.3 is 10.6 Å². The molecule has 28 heavy (non-hydrogen) atoms. The van der Waals surface area contributed by atoms with Crippen LogP contribution in [0.25, 0.3) is 10.8 Å². The zero-order chi connectivity index (χ0) is 20.1. The van der Waals surface area contributed by atoms with Gasteiger partial charge in [-0.3, -0.25) is 14.4 Å². The number of nitrogens with zero attached hydrogens (tertiary/aromatic N) is 2. The van der Waals surface area contributed by atoms with Crippen molar-refractivity contribution in [3.8, 4) is 0 Å². The fourth-order valence-corrected chi connectivity index (χ4v) is 2.94. The van der Waals surface area contributed by atoms with Gasteiger partial charge in [-0.1, -0.05) is 41.9 Å². The second kappa shape index (κ2) is 8.67. The molecule has 1 heterocycles. The van der Waals surface area contributed by atoms with Crippen LogP contribution in [0.2, 0.25) is 5.02 Å². The topological polar surface area (TPSA) is 93.1 Å². The smallest absolute Gasteiger partial charge is 0.275 e. The number of hydrogen-bond acceptors (Lipinski definition) is 4. The van der Waals surface area contributed by atoms with Crippen molar-refractivity contribution >= 4 is 34.2 Å². The van der Waals surface area contributed by atoms with Crippen LogP contribution in [0.3, 0.4) is 0 Å². The summed E-state index contributed by atoms with van der Waals surface area (Å²) in [7, 11) is 1.48. The van der Waals surface area contributed by atoms with Crippen LogP contribution in [-0.4, -0.2) is 35.2 Å². The molecule has 0 aliphatic heterocycles. The second-order valence-corrected chi connectivity index (χ2v) is 6.60. The van der Waals surface area contributed by atoms with Crippen molar-refractivity contribution in [2.45, 2.75) is 13.0 Å². The lowest BCUT2D eigenvalue weighted by molar-refractivity contribution is -0.121. The maximum absolute atomic E-state index is 12.6. The van der Waals surface area contributed by atoms with E-state index in [1.165, 1.54) is 7.05 Å². The first-order chi connectivity index (χ1) is 13.5. The number of hydrogen-bond donors (Lipinski definition) is 2. The standard InChI is InChI=1S/C20H19ClN4O3/c1-22-19(27)18-15-4-2-3-5-16(15)20(28)25(24-18)12-17(26)23-11-10-13-6-8-14(21)9-7-13/h2-9H,10-12H2,1H3,(H,22,27)(H,23,26). The predicted molar refractivity (Wildman–Crippen MR) is 108 cm³/mol. The first kappa shape index (κ1) is 19.6. The first-order valence-electron chi connectivity index (χ1n) is 8.72. The number of fused-ring (bicyclic) bond motifs is 1. The van der Waals surface area contributed by atoms with E-state index in [2.05, 4.69) is 15.7 Å².